The van der Waals surface area contributed by atoms with E-state index in [2.05, 4.69) is 20.0 Å². The monoisotopic (exact) mass is 224 g/mol. The Morgan fingerprint density at radius 3 is 2.81 bits per heavy atom. The van der Waals surface area contributed by atoms with E-state index in [-0.39, 0.29) is 0 Å². The summed E-state index contributed by atoms with van der Waals surface area (Å²) < 4.78 is 6.03. The topological polar surface area (TPSA) is 129 Å². The second-order valence-corrected chi connectivity index (χ2v) is 3.38. The predicted molar refractivity (Wildman–Crippen MR) is 53.9 cm³/mol. The Labute approximate surface area is 90.8 Å². The Morgan fingerprint density at radius 1 is 1.56 bits per heavy atom. The van der Waals surface area contributed by atoms with Crippen LogP contribution < -0.4 is 11.5 Å². The second kappa shape index (κ2) is 3.91. The van der Waals surface area contributed by atoms with Crippen molar-refractivity contribution >= 4 is 5.82 Å². The highest BCUT2D eigenvalue weighted by Gasteiger charge is 2.14. The van der Waals surface area contributed by atoms with Gasteiger partial charge in [0, 0.05) is 0 Å². The molecule has 0 radical (unpaired) electrons. The van der Waals surface area contributed by atoms with Gasteiger partial charge in [-0.05, 0) is 6.92 Å². The van der Waals surface area contributed by atoms with E-state index in [1.807, 2.05) is 0 Å². The molecule has 0 saturated carbocycles. The summed E-state index contributed by atoms with van der Waals surface area (Å²) >= 11 is 0. The lowest BCUT2D eigenvalue weighted by Crippen LogP contribution is -2.12. The van der Waals surface area contributed by atoms with Gasteiger partial charge >= 0.3 is 0 Å². The number of nitrogens with two attached hydrogens (primary N) is 2. The minimum Gasteiger partial charge on any atom is -0.384 e. The summed E-state index contributed by atoms with van der Waals surface area (Å²) in [7, 11) is 0. The highest BCUT2D eigenvalue weighted by Crippen LogP contribution is 2.17. The number of aliphatic hydroxyl groups excluding tert-OH is 1. The highest BCUT2D eigenvalue weighted by molar-refractivity contribution is 5.40. The van der Waals surface area contributed by atoms with Crippen LogP contribution in [0.25, 0.3) is 0 Å². The highest BCUT2D eigenvalue weighted by atomic mass is 16.6. The van der Waals surface area contributed by atoms with Gasteiger partial charge < -0.3 is 16.6 Å². The summed E-state index contributed by atoms with van der Waals surface area (Å²) in [6.45, 7) is 2.10. The first-order chi connectivity index (χ1) is 7.59. The van der Waals surface area contributed by atoms with Crippen molar-refractivity contribution in [1.82, 2.24) is 20.1 Å². The summed E-state index contributed by atoms with van der Waals surface area (Å²) in [6, 6.07) is 0. The van der Waals surface area contributed by atoms with Crippen LogP contribution in [0.15, 0.2) is 10.8 Å². The molecule has 0 aromatic carbocycles. The fraction of sp³-hybridized carbons (Fsp3) is 0.375. The average Bonchev–Trinajstić information content (AvgIpc) is 2.76. The molecule has 0 bridgehead atoms. The van der Waals surface area contributed by atoms with Crippen molar-refractivity contribution in [2.45, 2.75) is 19.7 Å². The third kappa shape index (κ3) is 1.75. The van der Waals surface area contributed by atoms with Crippen LogP contribution in [0.5, 0.6) is 0 Å². The van der Waals surface area contributed by atoms with Gasteiger partial charge in [0.05, 0.1) is 18.3 Å². The summed E-state index contributed by atoms with van der Waals surface area (Å²) in [6.07, 6.45) is 0.285. The molecule has 1 unspecified atom stereocenters. The Bertz CT molecular complexity index is 488. The molecular weight excluding hydrogens is 212 g/mol. The number of anilines is 1. The van der Waals surface area contributed by atoms with Crippen LogP contribution in [0, 0.1) is 6.92 Å². The van der Waals surface area contributed by atoms with Crippen molar-refractivity contribution < 1.29 is 9.74 Å². The van der Waals surface area contributed by atoms with Gasteiger partial charge in [-0.1, -0.05) is 10.3 Å². The zero-order chi connectivity index (χ0) is 11.7. The van der Waals surface area contributed by atoms with E-state index in [0.717, 1.165) is 0 Å². The molecule has 1 atom stereocenters. The number of aryl methyl sites for hydroxylation is 1. The Hall–Kier alpha value is -1.93. The van der Waals surface area contributed by atoms with Gasteiger partial charge in [0.25, 0.3) is 0 Å². The van der Waals surface area contributed by atoms with Gasteiger partial charge in [0.2, 0.25) is 0 Å². The van der Waals surface area contributed by atoms with E-state index in [4.69, 9.17) is 11.5 Å². The summed E-state index contributed by atoms with van der Waals surface area (Å²) in [5.74, 6) is 0.303. The van der Waals surface area contributed by atoms with Crippen molar-refractivity contribution in [3.8, 4) is 0 Å². The molecule has 2 aromatic rings. The number of nitrogens with zero attached hydrogens (tertiary/aromatic N) is 4. The molecule has 8 heteroatoms. The smallest absolute Gasteiger partial charge is 0.133 e. The van der Waals surface area contributed by atoms with Gasteiger partial charge in [0.1, 0.15) is 23.4 Å². The van der Waals surface area contributed by atoms with Crippen LogP contribution in [0.1, 0.15) is 23.2 Å². The van der Waals surface area contributed by atoms with Crippen LogP contribution in [0.4, 0.5) is 5.82 Å². The van der Waals surface area contributed by atoms with Gasteiger partial charge in [-0.25, -0.2) is 9.31 Å². The van der Waals surface area contributed by atoms with E-state index in [9.17, 15) is 5.11 Å². The Kier molecular flexibility index (Phi) is 2.59. The molecule has 5 N–H and O–H groups in total. The zero-order valence-electron chi connectivity index (χ0n) is 8.66. The molecular formula is C8H12N6O2. The summed E-state index contributed by atoms with van der Waals surface area (Å²) in [5.41, 5.74) is 12.7. The fourth-order valence-corrected chi connectivity index (χ4v) is 1.30. The zero-order valence-corrected chi connectivity index (χ0v) is 8.66. The number of aliphatic hydroxyl groups is 1. The minimum atomic E-state index is -1.13. The molecule has 0 aliphatic rings. The van der Waals surface area contributed by atoms with Crippen LogP contribution in [-0.2, 0) is 6.54 Å². The maximum absolute atomic E-state index is 9.20. The fourth-order valence-electron chi connectivity index (χ4n) is 1.30. The molecule has 2 heterocycles. The number of nitrogen functional groups attached to an aromatic ring is 1. The Balaban J connectivity index is 2.26. The van der Waals surface area contributed by atoms with Crippen LogP contribution >= 0.6 is 0 Å². The summed E-state index contributed by atoms with van der Waals surface area (Å²) in [4.78, 5) is 0. The van der Waals surface area contributed by atoms with E-state index < -0.39 is 6.23 Å². The SMILES string of the molecule is Cc1nonc1Cn1ncc(C(N)O)c1N. The van der Waals surface area contributed by atoms with Gasteiger partial charge in [-0.2, -0.15) is 5.10 Å². The normalized spacial score (nSPS) is 12.9. The van der Waals surface area contributed by atoms with Crippen LogP contribution in [0.3, 0.4) is 0 Å². The van der Waals surface area contributed by atoms with Gasteiger partial charge in [0.15, 0.2) is 0 Å². The summed E-state index contributed by atoms with van der Waals surface area (Å²) in [5, 5.41) is 20.5. The van der Waals surface area contributed by atoms with Crippen molar-refractivity contribution in [2.75, 3.05) is 5.73 Å². The molecule has 0 aliphatic heterocycles. The van der Waals surface area contributed by atoms with Crippen molar-refractivity contribution in [2.24, 2.45) is 5.73 Å². The van der Waals surface area contributed by atoms with Gasteiger partial charge in [-0.3, -0.25) is 0 Å². The van der Waals surface area contributed by atoms with E-state index in [1.54, 1.807) is 6.92 Å². The molecule has 2 rings (SSSR count). The van der Waals surface area contributed by atoms with Crippen molar-refractivity contribution in [1.29, 1.82) is 0 Å². The number of rotatable bonds is 3. The molecule has 0 saturated heterocycles. The molecule has 0 spiro atoms. The first kappa shape index (κ1) is 10.6. The molecule has 0 fully saturated rings. The first-order valence-corrected chi connectivity index (χ1v) is 4.62. The molecule has 16 heavy (non-hydrogen) atoms. The molecule has 2 aromatic heterocycles. The maximum Gasteiger partial charge on any atom is 0.133 e. The van der Waals surface area contributed by atoms with Gasteiger partial charge in [-0.15, -0.1) is 0 Å². The van der Waals surface area contributed by atoms with E-state index in [1.165, 1.54) is 10.9 Å². The van der Waals surface area contributed by atoms with Crippen LogP contribution in [0.2, 0.25) is 0 Å². The third-order valence-electron chi connectivity index (χ3n) is 2.27. The van der Waals surface area contributed by atoms with Crippen molar-refractivity contribution in [3.05, 3.63) is 23.1 Å². The van der Waals surface area contributed by atoms with Crippen molar-refractivity contribution in [3.63, 3.8) is 0 Å². The lowest BCUT2D eigenvalue weighted by atomic mass is 10.3. The quantitative estimate of drug-likeness (QED) is 0.579. The lowest BCUT2D eigenvalue weighted by Gasteiger charge is -2.04. The third-order valence-corrected chi connectivity index (χ3v) is 2.27. The lowest BCUT2D eigenvalue weighted by molar-refractivity contribution is 0.187. The number of hydrogen-bond acceptors (Lipinski definition) is 7. The van der Waals surface area contributed by atoms with E-state index in [0.29, 0.717) is 29.3 Å². The molecule has 0 aliphatic carbocycles. The largest absolute Gasteiger partial charge is 0.384 e. The molecule has 0 amide bonds. The van der Waals surface area contributed by atoms with Crippen LogP contribution in [-0.4, -0.2) is 25.2 Å². The minimum absolute atomic E-state index is 0.303. The second-order valence-electron chi connectivity index (χ2n) is 3.38. The molecule has 86 valence electrons. The number of aromatic nitrogens is 4. The average molecular weight is 224 g/mol. The maximum atomic E-state index is 9.20. The predicted octanol–water partition coefficient (Wildman–Crippen LogP) is -0.845. The standard InChI is InChI=1S/C8H12N6O2/c1-4-6(13-16-12-4)3-14-7(9)5(2-11-14)8(10)15/h2,8,15H,3,9-10H2,1H3. The Morgan fingerprint density at radius 2 is 2.31 bits per heavy atom. The first-order valence-electron chi connectivity index (χ1n) is 4.62. The van der Waals surface area contributed by atoms with E-state index >= 15 is 0 Å². The number of hydrogen-bond donors (Lipinski definition) is 3. The molecule has 8 nitrogen and oxygen atoms in total.